The number of nitrogens with one attached hydrogen (secondary N) is 1. The van der Waals surface area contributed by atoms with Crippen molar-refractivity contribution in [2.45, 2.75) is 18.9 Å². The molecule has 0 spiro atoms. The first-order valence-electron chi connectivity index (χ1n) is 7.84. The fraction of sp³-hybridized carbons (Fsp3) is 0.529. The van der Waals surface area contributed by atoms with E-state index in [4.69, 9.17) is 4.74 Å². The first-order chi connectivity index (χ1) is 10.2. The summed E-state index contributed by atoms with van der Waals surface area (Å²) < 4.78 is 5.36. The summed E-state index contributed by atoms with van der Waals surface area (Å²) in [6.45, 7) is 4.32. The topological polar surface area (TPSA) is 31.5 Å². The van der Waals surface area contributed by atoms with Crippen molar-refractivity contribution < 1.29 is 4.74 Å². The molecule has 4 rings (SSSR count). The van der Waals surface area contributed by atoms with Crippen LogP contribution in [-0.4, -0.2) is 56.3 Å². The van der Waals surface area contributed by atoms with Crippen LogP contribution in [-0.2, 0) is 17.6 Å². The van der Waals surface area contributed by atoms with Crippen molar-refractivity contribution in [3.05, 3.63) is 29.5 Å². The van der Waals surface area contributed by atoms with Gasteiger partial charge in [-0.3, -0.25) is 0 Å². The Bertz CT molecular complexity index is 657. The summed E-state index contributed by atoms with van der Waals surface area (Å²) in [6.07, 6.45) is 2.68. The van der Waals surface area contributed by atoms with Crippen molar-refractivity contribution in [1.29, 1.82) is 0 Å². The second kappa shape index (κ2) is 5.04. The molecule has 0 aliphatic carbocycles. The van der Waals surface area contributed by atoms with Gasteiger partial charge in [-0.1, -0.05) is 6.07 Å². The smallest absolute Gasteiger partial charge is 0.0920 e. The number of aromatic nitrogens is 1. The van der Waals surface area contributed by atoms with Crippen LogP contribution in [0.15, 0.2) is 18.2 Å². The van der Waals surface area contributed by atoms with Crippen LogP contribution in [0.2, 0.25) is 0 Å². The first kappa shape index (κ1) is 13.2. The lowest BCUT2D eigenvalue weighted by atomic mass is 10.1. The highest BCUT2D eigenvalue weighted by molar-refractivity contribution is 5.88. The van der Waals surface area contributed by atoms with Gasteiger partial charge in [-0.2, -0.15) is 0 Å². The monoisotopic (exact) mass is 285 g/mol. The zero-order chi connectivity index (χ0) is 14.4. The second-order valence-electron chi connectivity index (χ2n) is 6.38. The second-order valence-corrected chi connectivity index (χ2v) is 6.38. The van der Waals surface area contributed by atoms with E-state index in [9.17, 15) is 0 Å². The Labute approximate surface area is 125 Å². The zero-order valence-corrected chi connectivity index (χ0v) is 12.9. The van der Waals surface area contributed by atoms with Gasteiger partial charge in [0, 0.05) is 62.0 Å². The molecule has 1 aromatic heterocycles. The summed E-state index contributed by atoms with van der Waals surface area (Å²) in [5.41, 5.74) is 5.57. The van der Waals surface area contributed by atoms with Crippen LogP contribution in [0.25, 0.3) is 10.9 Å². The van der Waals surface area contributed by atoms with E-state index in [1.807, 2.05) is 0 Å². The van der Waals surface area contributed by atoms with Crippen LogP contribution in [0.3, 0.4) is 0 Å². The van der Waals surface area contributed by atoms with Gasteiger partial charge in [-0.15, -0.1) is 0 Å². The maximum Gasteiger partial charge on any atom is 0.0920 e. The van der Waals surface area contributed by atoms with E-state index >= 15 is 0 Å². The number of aromatic amines is 1. The molecule has 4 nitrogen and oxygen atoms in total. The van der Waals surface area contributed by atoms with Crippen LogP contribution in [0.4, 0.5) is 5.69 Å². The molecule has 0 amide bonds. The summed E-state index contributed by atoms with van der Waals surface area (Å²) in [6, 6.07) is 6.86. The molecule has 0 atom stereocenters. The van der Waals surface area contributed by atoms with Gasteiger partial charge in [0.15, 0.2) is 0 Å². The average Bonchev–Trinajstić information content (AvgIpc) is 2.68. The molecule has 2 aromatic rings. The maximum absolute atomic E-state index is 5.36. The minimum absolute atomic E-state index is 0.400. The Morgan fingerprint density at radius 2 is 2.00 bits per heavy atom. The normalized spacial score (nSPS) is 20.4. The lowest BCUT2D eigenvalue weighted by Gasteiger charge is -2.40. The van der Waals surface area contributed by atoms with Crippen molar-refractivity contribution in [1.82, 2.24) is 9.88 Å². The molecule has 1 saturated heterocycles. The molecule has 0 unspecified atom stereocenters. The molecular formula is C17H23N3O. The highest BCUT2D eigenvalue weighted by Gasteiger charge is 2.27. The quantitative estimate of drug-likeness (QED) is 0.916. The number of rotatable bonds is 2. The van der Waals surface area contributed by atoms with E-state index in [2.05, 4.69) is 40.0 Å². The lowest BCUT2D eigenvalue weighted by molar-refractivity contribution is 0.0788. The zero-order valence-electron chi connectivity index (χ0n) is 12.9. The van der Waals surface area contributed by atoms with Crippen molar-refractivity contribution >= 4 is 16.6 Å². The van der Waals surface area contributed by atoms with Crippen LogP contribution in [0.5, 0.6) is 0 Å². The van der Waals surface area contributed by atoms with Gasteiger partial charge in [0.25, 0.3) is 0 Å². The number of anilines is 1. The Kier molecular flexibility index (Phi) is 3.16. The van der Waals surface area contributed by atoms with Crippen molar-refractivity contribution in [2.75, 3.05) is 45.2 Å². The molecule has 0 radical (unpaired) electrons. The van der Waals surface area contributed by atoms with Crippen LogP contribution >= 0.6 is 0 Å². The van der Waals surface area contributed by atoms with E-state index < -0.39 is 0 Å². The first-order valence-corrected chi connectivity index (χ1v) is 7.84. The molecule has 3 heterocycles. The lowest BCUT2D eigenvalue weighted by Crippen LogP contribution is -2.51. The SMILES string of the molecule is COC1CN(c2ccc3c4c([nH]c3c2)CCN(C)CC4)C1. The third-order valence-electron chi connectivity index (χ3n) is 5.01. The van der Waals surface area contributed by atoms with Crippen molar-refractivity contribution in [3.63, 3.8) is 0 Å². The van der Waals surface area contributed by atoms with E-state index in [0.29, 0.717) is 6.10 Å². The maximum atomic E-state index is 5.36. The Morgan fingerprint density at radius 1 is 1.19 bits per heavy atom. The largest absolute Gasteiger partial charge is 0.378 e. The highest BCUT2D eigenvalue weighted by Crippen LogP contribution is 2.30. The number of nitrogens with zero attached hydrogens (tertiary/aromatic N) is 2. The highest BCUT2D eigenvalue weighted by atomic mass is 16.5. The number of ether oxygens (including phenoxy) is 1. The average molecular weight is 285 g/mol. The predicted octanol–water partition coefficient (Wildman–Crippen LogP) is 2.03. The Morgan fingerprint density at radius 3 is 2.81 bits per heavy atom. The van der Waals surface area contributed by atoms with Gasteiger partial charge in [0.1, 0.15) is 0 Å². The van der Waals surface area contributed by atoms with Crippen molar-refractivity contribution in [2.24, 2.45) is 0 Å². The predicted molar refractivity (Wildman–Crippen MR) is 86.2 cm³/mol. The summed E-state index contributed by atoms with van der Waals surface area (Å²) in [7, 11) is 4.01. The van der Waals surface area contributed by atoms with Gasteiger partial charge >= 0.3 is 0 Å². The number of hydrogen-bond acceptors (Lipinski definition) is 3. The third kappa shape index (κ3) is 2.23. The fourth-order valence-corrected chi connectivity index (χ4v) is 3.51. The van der Waals surface area contributed by atoms with E-state index in [-0.39, 0.29) is 0 Å². The van der Waals surface area contributed by atoms with Crippen LogP contribution < -0.4 is 4.90 Å². The van der Waals surface area contributed by atoms with Crippen LogP contribution in [0, 0.1) is 0 Å². The molecule has 1 N–H and O–H groups in total. The van der Waals surface area contributed by atoms with E-state index in [1.165, 1.54) is 27.8 Å². The number of likely N-dealkylation sites (N-methyl/N-ethyl adjacent to an activating group) is 1. The van der Waals surface area contributed by atoms with Crippen molar-refractivity contribution in [3.8, 4) is 0 Å². The molecule has 112 valence electrons. The van der Waals surface area contributed by atoms with Gasteiger partial charge in [0.2, 0.25) is 0 Å². The number of fused-ring (bicyclic) bond motifs is 3. The summed E-state index contributed by atoms with van der Waals surface area (Å²) in [4.78, 5) is 8.46. The summed E-state index contributed by atoms with van der Waals surface area (Å²) >= 11 is 0. The molecule has 0 bridgehead atoms. The van der Waals surface area contributed by atoms with Gasteiger partial charge < -0.3 is 19.5 Å². The molecular weight excluding hydrogens is 262 g/mol. The van der Waals surface area contributed by atoms with Gasteiger partial charge in [-0.25, -0.2) is 0 Å². The molecule has 2 aliphatic rings. The molecule has 0 saturated carbocycles. The Balaban J connectivity index is 1.64. The standard InChI is InChI=1S/C17H23N3O/c1-19-7-5-15-14-4-3-12(20-10-13(11-20)21-2)9-17(14)18-16(15)6-8-19/h3-4,9,13,18H,5-8,10-11H2,1-2H3. The third-order valence-corrected chi connectivity index (χ3v) is 5.01. The Hall–Kier alpha value is -1.52. The molecule has 21 heavy (non-hydrogen) atoms. The minimum Gasteiger partial charge on any atom is -0.378 e. The molecule has 1 fully saturated rings. The molecule has 4 heteroatoms. The van der Waals surface area contributed by atoms with E-state index in [1.54, 1.807) is 7.11 Å². The fourth-order valence-electron chi connectivity index (χ4n) is 3.51. The van der Waals surface area contributed by atoms with Gasteiger partial charge in [-0.05, 0) is 31.2 Å². The van der Waals surface area contributed by atoms with E-state index in [0.717, 1.165) is 39.0 Å². The molecule has 2 aliphatic heterocycles. The summed E-state index contributed by atoms with van der Waals surface area (Å²) in [5, 5.41) is 1.41. The van der Waals surface area contributed by atoms with Crippen LogP contribution in [0.1, 0.15) is 11.3 Å². The minimum atomic E-state index is 0.400. The van der Waals surface area contributed by atoms with Gasteiger partial charge in [0.05, 0.1) is 6.10 Å². The number of methoxy groups -OCH3 is 1. The number of benzene rings is 1. The molecule has 1 aromatic carbocycles. The number of H-pyrrole nitrogens is 1. The summed E-state index contributed by atoms with van der Waals surface area (Å²) in [5.74, 6) is 0. The number of hydrogen-bond donors (Lipinski definition) is 1.